The van der Waals surface area contributed by atoms with E-state index in [0.717, 1.165) is 18.3 Å². The predicted molar refractivity (Wildman–Crippen MR) is 48.0 cm³/mol. The monoisotopic (exact) mass is 154 g/mol. The Hall–Kier alpha value is -0.530. The van der Waals surface area contributed by atoms with Crippen molar-refractivity contribution in [1.29, 1.82) is 5.41 Å². The van der Waals surface area contributed by atoms with Crippen LogP contribution in [0.15, 0.2) is 0 Å². The molecular formula is C9H18N2. The molecule has 0 aromatic rings. The summed E-state index contributed by atoms with van der Waals surface area (Å²) in [6.07, 6.45) is 2.58. The van der Waals surface area contributed by atoms with E-state index in [4.69, 9.17) is 5.41 Å². The van der Waals surface area contributed by atoms with Crippen LogP contribution in [0.5, 0.6) is 0 Å². The summed E-state index contributed by atoms with van der Waals surface area (Å²) >= 11 is 0. The highest BCUT2D eigenvalue weighted by molar-refractivity contribution is 5.76. The molecule has 0 saturated carbocycles. The minimum atomic E-state index is 0.571. The minimum absolute atomic E-state index is 0.571. The summed E-state index contributed by atoms with van der Waals surface area (Å²) in [4.78, 5) is 2.20. The van der Waals surface area contributed by atoms with E-state index in [-0.39, 0.29) is 0 Å². The van der Waals surface area contributed by atoms with E-state index in [1.54, 1.807) is 0 Å². The molecule has 1 rings (SSSR count). The van der Waals surface area contributed by atoms with Crippen molar-refractivity contribution in [2.24, 2.45) is 5.92 Å². The van der Waals surface area contributed by atoms with E-state index < -0.39 is 0 Å². The molecule has 1 saturated heterocycles. The Morgan fingerprint density at radius 2 is 2.09 bits per heavy atom. The SMILES string of the molecule is CC(=N)N1CCCC(C)C1C. The number of likely N-dealkylation sites (tertiary alicyclic amines) is 1. The third-order valence-corrected chi connectivity index (χ3v) is 2.80. The smallest absolute Gasteiger partial charge is 0.0928 e. The number of rotatable bonds is 0. The first-order valence-electron chi connectivity index (χ1n) is 4.44. The Bertz CT molecular complexity index is 154. The second-order valence-corrected chi connectivity index (χ2v) is 3.64. The first-order chi connectivity index (χ1) is 5.13. The molecule has 1 aliphatic heterocycles. The first-order valence-corrected chi connectivity index (χ1v) is 4.44. The number of amidine groups is 1. The van der Waals surface area contributed by atoms with Gasteiger partial charge in [-0.1, -0.05) is 6.92 Å². The lowest BCUT2D eigenvalue weighted by atomic mass is 9.92. The average molecular weight is 154 g/mol. The molecule has 2 unspecified atom stereocenters. The normalized spacial score (nSPS) is 32.1. The van der Waals surface area contributed by atoms with Crippen LogP contribution >= 0.6 is 0 Å². The number of hydrogen-bond acceptors (Lipinski definition) is 1. The summed E-state index contributed by atoms with van der Waals surface area (Å²) in [7, 11) is 0. The fourth-order valence-electron chi connectivity index (χ4n) is 1.81. The van der Waals surface area contributed by atoms with Gasteiger partial charge in [0.25, 0.3) is 0 Å². The van der Waals surface area contributed by atoms with Crippen molar-refractivity contribution in [1.82, 2.24) is 4.90 Å². The van der Waals surface area contributed by atoms with Crippen molar-refractivity contribution in [3.63, 3.8) is 0 Å². The second-order valence-electron chi connectivity index (χ2n) is 3.64. The molecule has 0 spiro atoms. The Labute approximate surface area is 69.1 Å². The highest BCUT2D eigenvalue weighted by Crippen LogP contribution is 2.22. The van der Waals surface area contributed by atoms with Gasteiger partial charge < -0.3 is 4.90 Å². The molecule has 1 fully saturated rings. The number of piperidine rings is 1. The molecule has 0 amide bonds. The molecule has 1 N–H and O–H groups in total. The average Bonchev–Trinajstić information content (AvgIpc) is 1.94. The van der Waals surface area contributed by atoms with E-state index >= 15 is 0 Å². The fraction of sp³-hybridized carbons (Fsp3) is 0.889. The molecular weight excluding hydrogens is 136 g/mol. The van der Waals surface area contributed by atoms with Crippen LogP contribution in [-0.4, -0.2) is 23.3 Å². The molecule has 64 valence electrons. The highest BCUT2D eigenvalue weighted by Gasteiger charge is 2.24. The molecule has 11 heavy (non-hydrogen) atoms. The van der Waals surface area contributed by atoms with Crippen molar-refractivity contribution >= 4 is 5.84 Å². The van der Waals surface area contributed by atoms with Gasteiger partial charge in [-0.15, -0.1) is 0 Å². The zero-order chi connectivity index (χ0) is 8.43. The molecule has 2 nitrogen and oxygen atoms in total. The minimum Gasteiger partial charge on any atom is -0.358 e. The van der Waals surface area contributed by atoms with Crippen LogP contribution in [-0.2, 0) is 0 Å². The lowest BCUT2D eigenvalue weighted by Gasteiger charge is -2.38. The van der Waals surface area contributed by atoms with Crippen LogP contribution in [0.2, 0.25) is 0 Å². The topological polar surface area (TPSA) is 27.1 Å². The van der Waals surface area contributed by atoms with Crippen LogP contribution in [0.3, 0.4) is 0 Å². The highest BCUT2D eigenvalue weighted by atomic mass is 15.2. The van der Waals surface area contributed by atoms with Gasteiger partial charge in [0, 0.05) is 12.6 Å². The zero-order valence-electron chi connectivity index (χ0n) is 7.72. The quantitative estimate of drug-likeness (QED) is 0.420. The van der Waals surface area contributed by atoms with Crippen LogP contribution < -0.4 is 0 Å². The first kappa shape index (κ1) is 8.57. The van der Waals surface area contributed by atoms with E-state index in [1.807, 2.05) is 6.92 Å². The lowest BCUT2D eigenvalue weighted by molar-refractivity contribution is 0.189. The molecule has 0 aromatic carbocycles. The van der Waals surface area contributed by atoms with Gasteiger partial charge in [0.05, 0.1) is 5.84 Å². The summed E-state index contributed by atoms with van der Waals surface area (Å²) in [6, 6.07) is 0.571. The number of nitrogens with zero attached hydrogens (tertiary/aromatic N) is 1. The molecule has 0 aromatic heterocycles. The van der Waals surface area contributed by atoms with Crippen LogP contribution in [0.4, 0.5) is 0 Å². The Morgan fingerprint density at radius 1 is 1.45 bits per heavy atom. The maximum absolute atomic E-state index is 7.54. The van der Waals surface area contributed by atoms with Crippen molar-refractivity contribution in [3.8, 4) is 0 Å². The summed E-state index contributed by atoms with van der Waals surface area (Å²) in [6.45, 7) is 7.47. The second kappa shape index (κ2) is 3.24. The summed E-state index contributed by atoms with van der Waals surface area (Å²) in [5.41, 5.74) is 0. The van der Waals surface area contributed by atoms with Gasteiger partial charge in [-0.2, -0.15) is 0 Å². The summed E-state index contributed by atoms with van der Waals surface area (Å²) in [5.74, 6) is 1.48. The lowest BCUT2D eigenvalue weighted by Crippen LogP contribution is -2.44. The van der Waals surface area contributed by atoms with Crippen LogP contribution in [0.25, 0.3) is 0 Å². The van der Waals surface area contributed by atoms with Gasteiger partial charge in [0.1, 0.15) is 0 Å². The summed E-state index contributed by atoms with van der Waals surface area (Å²) < 4.78 is 0. The van der Waals surface area contributed by atoms with Gasteiger partial charge in [-0.3, -0.25) is 5.41 Å². The largest absolute Gasteiger partial charge is 0.358 e. The maximum Gasteiger partial charge on any atom is 0.0928 e. The van der Waals surface area contributed by atoms with Gasteiger partial charge in [0.2, 0.25) is 0 Å². The molecule has 1 heterocycles. The Balaban J connectivity index is 2.58. The standard InChI is InChI=1S/C9H18N2/c1-7-5-4-6-11(8(7)2)9(3)10/h7-8,10H,4-6H2,1-3H3. The van der Waals surface area contributed by atoms with Gasteiger partial charge in [0.15, 0.2) is 0 Å². The Kier molecular flexibility index (Phi) is 2.53. The predicted octanol–water partition coefficient (Wildman–Crippen LogP) is 2.10. The Morgan fingerprint density at radius 3 is 2.55 bits per heavy atom. The molecule has 2 atom stereocenters. The van der Waals surface area contributed by atoms with Gasteiger partial charge >= 0.3 is 0 Å². The molecule has 0 aliphatic carbocycles. The zero-order valence-corrected chi connectivity index (χ0v) is 7.72. The molecule has 0 radical (unpaired) electrons. The molecule has 0 bridgehead atoms. The fourth-order valence-corrected chi connectivity index (χ4v) is 1.81. The number of hydrogen-bond donors (Lipinski definition) is 1. The maximum atomic E-state index is 7.54. The van der Waals surface area contributed by atoms with Crippen molar-refractivity contribution in [2.75, 3.05) is 6.54 Å². The van der Waals surface area contributed by atoms with Crippen molar-refractivity contribution in [2.45, 2.75) is 39.7 Å². The van der Waals surface area contributed by atoms with Gasteiger partial charge in [-0.05, 0) is 32.6 Å². The van der Waals surface area contributed by atoms with E-state index in [9.17, 15) is 0 Å². The van der Waals surface area contributed by atoms with E-state index in [1.165, 1.54) is 12.8 Å². The molecule has 1 aliphatic rings. The molecule has 2 heteroatoms. The van der Waals surface area contributed by atoms with E-state index in [2.05, 4.69) is 18.7 Å². The van der Waals surface area contributed by atoms with Crippen LogP contribution in [0.1, 0.15) is 33.6 Å². The van der Waals surface area contributed by atoms with Crippen molar-refractivity contribution < 1.29 is 0 Å². The number of nitrogens with one attached hydrogen (secondary N) is 1. The van der Waals surface area contributed by atoms with Gasteiger partial charge in [-0.25, -0.2) is 0 Å². The summed E-state index contributed by atoms with van der Waals surface area (Å²) in [5, 5.41) is 7.54. The van der Waals surface area contributed by atoms with E-state index in [0.29, 0.717) is 6.04 Å². The van der Waals surface area contributed by atoms with Crippen molar-refractivity contribution in [3.05, 3.63) is 0 Å². The van der Waals surface area contributed by atoms with Crippen LogP contribution in [0, 0.1) is 11.3 Å². The third-order valence-electron chi connectivity index (χ3n) is 2.80. The third kappa shape index (κ3) is 1.73.